The Labute approximate surface area is 208 Å². The molecule has 0 saturated carbocycles. The molecule has 2 aliphatic heterocycles. The van der Waals surface area contributed by atoms with Crippen LogP contribution in [0.25, 0.3) is 22.3 Å². The van der Waals surface area contributed by atoms with Crippen molar-refractivity contribution in [2.45, 2.75) is 32.1 Å². The number of aromatic nitrogens is 2. The number of carbonyl (C=O) groups excluding carboxylic acids is 2. The Kier molecular flexibility index (Phi) is 4.89. The molecule has 174 valence electrons. The van der Waals surface area contributed by atoms with Crippen molar-refractivity contribution >= 4 is 38.8 Å². The molecule has 35 heavy (non-hydrogen) atoms. The molecule has 0 spiro atoms. The molecule has 4 heterocycles. The van der Waals surface area contributed by atoms with Gasteiger partial charge < -0.3 is 14.0 Å². The van der Waals surface area contributed by atoms with Crippen LogP contribution in [0.15, 0.2) is 69.9 Å². The summed E-state index contributed by atoms with van der Waals surface area (Å²) in [6.45, 7) is 1.93. The van der Waals surface area contributed by atoms with Crippen LogP contribution < -0.4 is 5.56 Å². The largest absolute Gasteiger partial charge is 0.457 e. The number of nitrogens with zero attached hydrogens (tertiary/aromatic N) is 2. The van der Waals surface area contributed by atoms with Crippen molar-refractivity contribution < 1.29 is 19.1 Å². The van der Waals surface area contributed by atoms with E-state index >= 15 is 0 Å². The number of hydrogen-bond acceptors (Lipinski definition) is 6. The molecular formula is C27H19BrN2O5. The van der Waals surface area contributed by atoms with Crippen molar-refractivity contribution in [3.05, 3.63) is 97.7 Å². The SMILES string of the molecule is CC[C@@]1(OC(=O)c2cccc(Br)c2)C(=O)OCc2c1cc1n(c2=O)Cc2cc3ccccc3nc2-1. The van der Waals surface area contributed by atoms with Gasteiger partial charge in [0.25, 0.3) is 5.56 Å². The number of fused-ring (bicyclic) bond motifs is 5. The monoisotopic (exact) mass is 530 g/mol. The van der Waals surface area contributed by atoms with Gasteiger partial charge in [-0.2, -0.15) is 0 Å². The first-order valence-corrected chi connectivity index (χ1v) is 12.0. The zero-order chi connectivity index (χ0) is 24.3. The summed E-state index contributed by atoms with van der Waals surface area (Å²) in [6, 6.07) is 18.3. The minimum atomic E-state index is -1.73. The van der Waals surface area contributed by atoms with Gasteiger partial charge in [0, 0.05) is 21.0 Å². The van der Waals surface area contributed by atoms with Gasteiger partial charge in [0.05, 0.1) is 34.6 Å². The van der Waals surface area contributed by atoms with Crippen molar-refractivity contribution in [1.29, 1.82) is 0 Å². The number of carbonyl (C=O) groups is 2. The molecule has 0 aliphatic carbocycles. The molecule has 0 amide bonds. The molecule has 0 saturated heterocycles. The van der Waals surface area contributed by atoms with E-state index in [0.717, 1.165) is 16.5 Å². The zero-order valence-electron chi connectivity index (χ0n) is 18.7. The fourth-order valence-electron chi connectivity index (χ4n) is 4.92. The molecule has 0 N–H and O–H groups in total. The lowest BCUT2D eigenvalue weighted by atomic mass is 9.85. The topological polar surface area (TPSA) is 87.5 Å². The van der Waals surface area contributed by atoms with Crippen LogP contribution in [-0.4, -0.2) is 21.5 Å². The van der Waals surface area contributed by atoms with Crippen LogP contribution in [0.2, 0.25) is 0 Å². The minimum absolute atomic E-state index is 0.111. The number of halogens is 1. The normalized spacial score (nSPS) is 17.9. The molecular weight excluding hydrogens is 512 g/mol. The van der Waals surface area contributed by atoms with E-state index in [-0.39, 0.29) is 24.2 Å². The highest BCUT2D eigenvalue weighted by Crippen LogP contribution is 2.41. The van der Waals surface area contributed by atoms with Gasteiger partial charge in [-0.1, -0.05) is 47.1 Å². The van der Waals surface area contributed by atoms with Gasteiger partial charge in [-0.15, -0.1) is 0 Å². The highest BCUT2D eigenvalue weighted by Gasteiger charge is 2.50. The highest BCUT2D eigenvalue weighted by molar-refractivity contribution is 9.10. The lowest BCUT2D eigenvalue weighted by Crippen LogP contribution is -2.47. The van der Waals surface area contributed by atoms with Crippen LogP contribution in [-0.2, 0) is 33.0 Å². The Morgan fingerprint density at radius 2 is 1.97 bits per heavy atom. The standard InChI is InChI=1S/C27H19BrN2O5/c1-2-27(35-25(32)16-7-5-8-18(28)11-16)20-12-22-23-17(10-15-6-3-4-9-21(15)29-23)13-30(22)24(31)19(20)14-34-26(27)33/h3-12H,2,13-14H2,1H3/t27-/m0/s1. The van der Waals surface area contributed by atoms with Crippen molar-refractivity contribution in [2.24, 2.45) is 0 Å². The Morgan fingerprint density at radius 3 is 2.77 bits per heavy atom. The summed E-state index contributed by atoms with van der Waals surface area (Å²) in [5, 5.41) is 0.987. The smallest absolute Gasteiger partial charge is 0.355 e. The Hall–Kier alpha value is -3.78. The van der Waals surface area contributed by atoms with Gasteiger partial charge in [0.2, 0.25) is 5.60 Å². The molecule has 2 aromatic heterocycles. The zero-order valence-corrected chi connectivity index (χ0v) is 20.3. The third-order valence-electron chi connectivity index (χ3n) is 6.71. The third kappa shape index (κ3) is 3.24. The molecule has 8 heteroatoms. The average Bonchev–Trinajstić information content (AvgIpc) is 3.22. The quantitative estimate of drug-likeness (QED) is 0.314. The summed E-state index contributed by atoms with van der Waals surface area (Å²) in [6.07, 6.45) is 0.111. The Balaban J connectivity index is 1.53. The number of pyridine rings is 2. The molecule has 0 bridgehead atoms. The maximum absolute atomic E-state index is 13.6. The number of ether oxygens (including phenoxy) is 2. The van der Waals surface area contributed by atoms with Crippen LogP contribution >= 0.6 is 15.9 Å². The van der Waals surface area contributed by atoms with Gasteiger partial charge in [0.15, 0.2) is 0 Å². The molecule has 4 aromatic rings. The molecule has 0 unspecified atom stereocenters. The first-order chi connectivity index (χ1) is 16.9. The van der Waals surface area contributed by atoms with Gasteiger partial charge in [-0.05, 0) is 42.8 Å². The molecule has 2 aliphatic rings. The minimum Gasteiger partial charge on any atom is -0.457 e. The van der Waals surface area contributed by atoms with E-state index in [1.807, 2.05) is 30.3 Å². The fourth-order valence-corrected chi connectivity index (χ4v) is 5.31. The first kappa shape index (κ1) is 21.7. The summed E-state index contributed by atoms with van der Waals surface area (Å²) in [4.78, 5) is 44.6. The number of benzene rings is 2. The molecule has 0 radical (unpaired) electrons. The second kappa shape index (κ2) is 7.88. The molecule has 2 aromatic carbocycles. The number of hydrogen-bond donors (Lipinski definition) is 0. The number of para-hydroxylation sites is 1. The van der Waals surface area contributed by atoms with Crippen LogP contribution in [0.3, 0.4) is 0 Å². The average molecular weight is 531 g/mol. The second-order valence-electron chi connectivity index (χ2n) is 8.66. The summed E-state index contributed by atoms with van der Waals surface area (Å²) in [7, 11) is 0. The van der Waals surface area contributed by atoms with Crippen LogP contribution in [0.1, 0.15) is 40.4 Å². The number of esters is 2. The van der Waals surface area contributed by atoms with E-state index in [1.54, 1.807) is 41.8 Å². The van der Waals surface area contributed by atoms with Gasteiger partial charge in [0.1, 0.15) is 6.61 Å². The molecule has 1 atom stereocenters. The van der Waals surface area contributed by atoms with E-state index in [0.29, 0.717) is 33.5 Å². The highest BCUT2D eigenvalue weighted by atomic mass is 79.9. The van der Waals surface area contributed by atoms with Gasteiger partial charge >= 0.3 is 11.9 Å². The summed E-state index contributed by atoms with van der Waals surface area (Å²) in [5.41, 5.74) is 1.96. The molecule has 7 nitrogen and oxygen atoms in total. The van der Waals surface area contributed by atoms with E-state index in [4.69, 9.17) is 14.5 Å². The van der Waals surface area contributed by atoms with Crippen molar-refractivity contribution in [2.75, 3.05) is 0 Å². The van der Waals surface area contributed by atoms with Crippen LogP contribution in [0.4, 0.5) is 0 Å². The van der Waals surface area contributed by atoms with Gasteiger partial charge in [-0.3, -0.25) is 4.79 Å². The van der Waals surface area contributed by atoms with Crippen LogP contribution in [0.5, 0.6) is 0 Å². The van der Waals surface area contributed by atoms with Crippen molar-refractivity contribution in [1.82, 2.24) is 9.55 Å². The van der Waals surface area contributed by atoms with Crippen LogP contribution in [0, 0.1) is 0 Å². The Morgan fingerprint density at radius 1 is 1.14 bits per heavy atom. The Bertz CT molecular complexity index is 1630. The van der Waals surface area contributed by atoms with E-state index in [1.165, 1.54) is 0 Å². The first-order valence-electron chi connectivity index (χ1n) is 11.2. The number of cyclic esters (lactones) is 1. The number of rotatable bonds is 3. The molecule has 0 fully saturated rings. The van der Waals surface area contributed by atoms with Gasteiger partial charge in [-0.25, -0.2) is 14.6 Å². The molecule has 6 rings (SSSR count). The second-order valence-corrected chi connectivity index (χ2v) is 9.57. The maximum atomic E-state index is 13.6. The predicted octanol–water partition coefficient (Wildman–Crippen LogP) is 4.71. The van der Waals surface area contributed by atoms with E-state index in [2.05, 4.69) is 15.9 Å². The maximum Gasteiger partial charge on any atom is 0.355 e. The lowest BCUT2D eigenvalue weighted by molar-refractivity contribution is -0.173. The summed E-state index contributed by atoms with van der Waals surface area (Å²) < 4.78 is 13.6. The summed E-state index contributed by atoms with van der Waals surface area (Å²) in [5.74, 6) is -1.37. The lowest BCUT2D eigenvalue weighted by Gasteiger charge is -2.35. The van der Waals surface area contributed by atoms with Crippen molar-refractivity contribution in [3.63, 3.8) is 0 Å². The van der Waals surface area contributed by atoms with E-state index in [9.17, 15) is 14.4 Å². The summed E-state index contributed by atoms with van der Waals surface area (Å²) >= 11 is 3.35. The van der Waals surface area contributed by atoms with Crippen molar-refractivity contribution in [3.8, 4) is 11.4 Å². The predicted molar refractivity (Wildman–Crippen MR) is 132 cm³/mol. The van der Waals surface area contributed by atoms with E-state index < -0.39 is 17.5 Å². The third-order valence-corrected chi connectivity index (χ3v) is 7.21. The fraction of sp³-hybridized carbons (Fsp3) is 0.185.